The standard InChI is InChI=1S/C15H19ClN2O3/c1-10(14(19)18-12-5-3-2-4-6-12)21-15(20)11-7-8-13(16)17-9-11/h7-10,12H,2-6H2,1H3,(H,18,19). The number of nitrogens with one attached hydrogen (secondary N) is 1. The Morgan fingerprint density at radius 3 is 2.67 bits per heavy atom. The first kappa shape index (κ1) is 15.8. The van der Waals surface area contributed by atoms with Crippen LogP contribution in [-0.4, -0.2) is 29.0 Å². The third-order valence-corrected chi connectivity index (χ3v) is 3.79. The van der Waals surface area contributed by atoms with E-state index < -0.39 is 12.1 Å². The molecule has 1 amide bonds. The number of aromatic nitrogens is 1. The summed E-state index contributed by atoms with van der Waals surface area (Å²) in [5.41, 5.74) is 0.275. The maximum absolute atomic E-state index is 12.0. The molecular weight excluding hydrogens is 292 g/mol. The Labute approximate surface area is 129 Å². The van der Waals surface area contributed by atoms with Crippen LogP contribution in [0.2, 0.25) is 5.15 Å². The summed E-state index contributed by atoms with van der Waals surface area (Å²) in [4.78, 5) is 27.7. The fourth-order valence-electron chi connectivity index (χ4n) is 2.34. The molecule has 2 rings (SSSR count). The normalized spacial score (nSPS) is 17.0. The van der Waals surface area contributed by atoms with Crippen molar-refractivity contribution in [2.24, 2.45) is 0 Å². The van der Waals surface area contributed by atoms with E-state index in [1.54, 1.807) is 6.92 Å². The summed E-state index contributed by atoms with van der Waals surface area (Å²) in [6.07, 6.45) is 5.98. The summed E-state index contributed by atoms with van der Waals surface area (Å²) in [6, 6.07) is 3.22. The van der Waals surface area contributed by atoms with Gasteiger partial charge >= 0.3 is 5.97 Å². The number of halogens is 1. The van der Waals surface area contributed by atoms with Crippen LogP contribution in [0.4, 0.5) is 0 Å². The van der Waals surface area contributed by atoms with Crippen molar-refractivity contribution < 1.29 is 14.3 Å². The third-order valence-electron chi connectivity index (χ3n) is 3.57. The van der Waals surface area contributed by atoms with Crippen LogP contribution in [0, 0.1) is 0 Å². The van der Waals surface area contributed by atoms with Crippen molar-refractivity contribution in [3.63, 3.8) is 0 Å². The minimum Gasteiger partial charge on any atom is -0.449 e. The highest BCUT2D eigenvalue weighted by Gasteiger charge is 2.22. The molecule has 21 heavy (non-hydrogen) atoms. The molecule has 5 nitrogen and oxygen atoms in total. The lowest BCUT2D eigenvalue weighted by molar-refractivity contribution is -0.130. The quantitative estimate of drug-likeness (QED) is 0.686. The Kier molecular flexibility index (Phi) is 5.56. The van der Waals surface area contributed by atoms with Crippen LogP contribution in [0.1, 0.15) is 49.4 Å². The number of carbonyl (C=O) groups is 2. The summed E-state index contributed by atoms with van der Waals surface area (Å²) in [6.45, 7) is 1.57. The molecule has 114 valence electrons. The van der Waals surface area contributed by atoms with Gasteiger partial charge in [-0.3, -0.25) is 4.79 Å². The number of nitrogens with zero attached hydrogens (tertiary/aromatic N) is 1. The molecule has 0 bridgehead atoms. The molecule has 0 aliphatic heterocycles. The van der Waals surface area contributed by atoms with Crippen molar-refractivity contribution in [1.82, 2.24) is 10.3 Å². The molecule has 1 saturated carbocycles. The van der Waals surface area contributed by atoms with Crippen LogP contribution in [0.3, 0.4) is 0 Å². The topological polar surface area (TPSA) is 68.3 Å². The second-order valence-electron chi connectivity index (χ2n) is 5.26. The molecule has 0 radical (unpaired) electrons. The van der Waals surface area contributed by atoms with Crippen molar-refractivity contribution >= 4 is 23.5 Å². The van der Waals surface area contributed by atoms with E-state index in [0.29, 0.717) is 5.15 Å². The van der Waals surface area contributed by atoms with E-state index in [1.165, 1.54) is 24.8 Å². The highest BCUT2D eigenvalue weighted by molar-refractivity contribution is 6.29. The van der Waals surface area contributed by atoms with Gasteiger partial charge in [-0.15, -0.1) is 0 Å². The van der Waals surface area contributed by atoms with E-state index in [2.05, 4.69) is 10.3 Å². The van der Waals surface area contributed by atoms with Gasteiger partial charge in [-0.2, -0.15) is 0 Å². The molecule has 0 aromatic carbocycles. The fraction of sp³-hybridized carbons (Fsp3) is 0.533. The second kappa shape index (κ2) is 7.41. The van der Waals surface area contributed by atoms with Crippen molar-refractivity contribution in [3.8, 4) is 0 Å². The van der Waals surface area contributed by atoms with Gasteiger partial charge in [0.2, 0.25) is 0 Å². The van der Waals surface area contributed by atoms with Gasteiger partial charge in [-0.25, -0.2) is 9.78 Å². The average molecular weight is 311 g/mol. The summed E-state index contributed by atoms with van der Waals surface area (Å²) in [7, 11) is 0. The van der Waals surface area contributed by atoms with E-state index in [9.17, 15) is 9.59 Å². The van der Waals surface area contributed by atoms with Crippen molar-refractivity contribution in [2.45, 2.75) is 51.2 Å². The zero-order chi connectivity index (χ0) is 15.2. The minimum atomic E-state index is -0.824. The van der Waals surface area contributed by atoms with Crippen molar-refractivity contribution in [1.29, 1.82) is 0 Å². The average Bonchev–Trinajstić information content (AvgIpc) is 2.48. The number of pyridine rings is 1. The first-order valence-electron chi connectivity index (χ1n) is 7.19. The number of hydrogen-bond donors (Lipinski definition) is 1. The Bertz CT molecular complexity index is 498. The SMILES string of the molecule is CC(OC(=O)c1ccc(Cl)nc1)C(=O)NC1CCCCC1. The first-order chi connectivity index (χ1) is 10.1. The highest BCUT2D eigenvalue weighted by Crippen LogP contribution is 2.17. The van der Waals surface area contributed by atoms with E-state index in [-0.39, 0.29) is 17.5 Å². The summed E-state index contributed by atoms with van der Waals surface area (Å²) < 4.78 is 5.15. The van der Waals surface area contributed by atoms with Gasteiger partial charge < -0.3 is 10.1 Å². The molecule has 1 heterocycles. The number of hydrogen-bond acceptors (Lipinski definition) is 4. The van der Waals surface area contributed by atoms with E-state index in [0.717, 1.165) is 25.7 Å². The van der Waals surface area contributed by atoms with Crippen LogP contribution in [0.5, 0.6) is 0 Å². The molecule has 0 spiro atoms. The van der Waals surface area contributed by atoms with Gasteiger partial charge in [0.1, 0.15) is 5.15 Å². The Balaban J connectivity index is 1.84. The predicted molar refractivity (Wildman–Crippen MR) is 79.1 cm³/mol. The summed E-state index contributed by atoms with van der Waals surface area (Å²) in [5, 5.41) is 3.23. The number of ether oxygens (including phenoxy) is 1. The van der Waals surface area contributed by atoms with Gasteiger partial charge in [0.05, 0.1) is 5.56 Å². The number of carbonyl (C=O) groups excluding carboxylic acids is 2. The molecule has 1 aromatic rings. The zero-order valence-electron chi connectivity index (χ0n) is 12.0. The molecule has 1 unspecified atom stereocenters. The molecule has 1 fully saturated rings. The monoisotopic (exact) mass is 310 g/mol. The van der Waals surface area contributed by atoms with Crippen molar-refractivity contribution in [3.05, 3.63) is 29.0 Å². The number of esters is 1. The summed E-state index contributed by atoms with van der Waals surface area (Å²) in [5.74, 6) is -0.831. The lowest BCUT2D eigenvalue weighted by Gasteiger charge is -2.24. The molecule has 6 heteroatoms. The second-order valence-corrected chi connectivity index (χ2v) is 5.65. The molecule has 1 N–H and O–H groups in total. The molecule has 1 aromatic heterocycles. The van der Waals surface area contributed by atoms with Gasteiger partial charge in [-0.05, 0) is 31.9 Å². The smallest absolute Gasteiger partial charge is 0.340 e. The van der Waals surface area contributed by atoms with Crippen LogP contribution in [-0.2, 0) is 9.53 Å². The zero-order valence-corrected chi connectivity index (χ0v) is 12.7. The largest absolute Gasteiger partial charge is 0.449 e. The van der Waals surface area contributed by atoms with Crippen LogP contribution < -0.4 is 5.32 Å². The number of amides is 1. The first-order valence-corrected chi connectivity index (χ1v) is 7.57. The molecule has 1 atom stereocenters. The lowest BCUT2D eigenvalue weighted by Crippen LogP contribution is -2.42. The Morgan fingerprint density at radius 2 is 2.05 bits per heavy atom. The summed E-state index contributed by atoms with van der Waals surface area (Å²) >= 11 is 5.65. The van der Waals surface area contributed by atoms with Crippen LogP contribution in [0.25, 0.3) is 0 Å². The Morgan fingerprint density at radius 1 is 1.33 bits per heavy atom. The van der Waals surface area contributed by atoms with E-state index in [4.69, 9.17) is 16.3 Å². The molecule has 1 aliphatic carbocycles. The van der Waals surface area contributed by atoms with Crippen molar-refractivity contribution in [2.75, 3.05) is 0 Å². The maximum atomic E-state index is 12.0. The fourth-order valence-corrected chi connectivity index (χ4v) is 2.46. The Hall–Kier alpha value is -1.62. The molecular formula is C15H19ClN2O3. The molecule has 1 aliphatic rings. The number of rotatable bonds is 4. The van der Waals surface area contributed by atoms with E-state index >= 15 is 0 Å². The van der Waals surface area contributed by atoms with Gasteiger partial charge in [0.25, 0.3) is 5.91 Å². The van der Waals surface area contributed by atoms with Gasteiger partial charge in [-0.1, -0.05) is 30.9 Å². The van der Waals surface area contributed by atoms with Gasteiger partial charge in [0, 0.05) is 12.2 Å². The van der Waals surface area contributed by atoms with Crippen LogP contribution in [0.15, 0.2) is 18.3 Å². The highest BCUT2D eigenvalue weighted by atomic mass is 35.5. The maximum Gasteiger partial charge on any atom is 0.340 e. The van der Waals surface area contributed by atoms with Gasteiger partial charge in [0.15, 0.2) is 6.10 Å². The predicted octanol–water partition coefficient (Wildman–Crippen LogP) is 2.73. The lowest BCUT2D eigenvalue weighted by atomic mass is 9.95. The molecule has 0 saturated heterocycles. The minimum absolute atomic E-state index is 0.199. The van der Waals surface area contributed by atoms with E-state index in [1.807, 2.05) is 0 Å². The third kappa shape index (κ3) is 4.70. The van der Waals surface area contributed by atoms with Crippen LogP contribution >= 0.6 is 11.6 Å².